The van der Waals surface area contributed by atoms with E-state index in [1.54, 1.807) is 0 Å². The van der Waals surface area contributed by atoms with E-state index in [-0.39, 0.29) is 37.1 Å². The average molecular weight is 844 g/mol. The third-order valence-corrected chi connectivity index (χ3v) is 10.8. The number of nitrogens with zero attached hydrogens (tertiary/aromatic N) is 2. The van der Waals surface area contributed by atoms with Gasteiger partial charge in [0, 0.05) is 38.6 Å². The molecule has 2 aliphatic heterocycles. The maximum Gasteiger partial charge on any atom is 0.490 e. The molecular weight excluding hydrogens is 807 g/mol. The zero-order valence-corrected chi connectivity index (χ0v) is 31.3. The number of ether oxygens (including phenoxy) is 3. The topological polar surface area (TPSA) is 381 Å². The van der Waals surface area contributed by atoms with Crippen LogP contribution in [0, 0.1) is 23.7 Å². The Bertz CT molecular complexity index is 2220. The number of carbonyl (C=O) groups excluding carboxylic acids is 1. The van der Waals surface area contributed by atoms with Crippen molar-refractivity contribution in [3.63, 3.8) is 0 Å². The fraction of sp³-hybridized carbons (Fsp3) is 0.519. The molecule has 2 fully saturated rings. The number of nitrogens with two attached hydrogens (primary N) is 1. The van der Waals surface area contributed by atoms with Crippen LogP contribution in [0.15, 0.2) is 31.6 Å². The molecule has 25 nitrogen and oxygen atoms in total. The Labute approximate surface area is 308 Å². The first-order chi connectivity index (χ1) is 25.6. The van der Waals surface area contributed by atoms with Crippen LogP contribution < -0.4 is 28.2 Å². The van der Waals surface area contributed by atoms with E-state index in [0.29, 0.717) is 6.42 Å². The minimum absolute atomic E-state index is 0.0557. The zero-order chi connectivity index (χ0) is 41.3. The van der Waals surface area contributed by atoms with E-state index in [1.165, 1.54) is 17.7 Å². The molecule has 28 heteroatoms. The minimum Gasteiger partial charge on any atom is -0.460 e. The van der Waals surface area contributed by atoms with Gasteiger partial charge in [-0.15, -0.1) is 0 Å². The Balaban J connectivity index is 0.000000311. The molecule has 55 heavy (non-hydrogen) atoms. The maximum atomic E-state index is 12.1. The monoisotopic (exact) mass is 843 g/mol. The number of esters is 1. The summed E-state index contributed by atoms with van der Waals surface area (Å²) >= 11 is 0. The highest BCUT2D eigenvalue weighted by molar-refractivity contribution is 7.66. The van der Waals surface area contributed by atoms with Crippen LogP contribution in [0.4, 0.5) is 0 Å². The van der Waals surface area contributed by atoms with E-state index in [9.17, 15) is 52.8 Å². The van der Waals surface area contributed by atoms with Gasteiger partial charge in [0.15, 0.2) is 0 Å². The first-order valence-corrected chi connectivity index (χ1v) is 20.0. The molecule has 4 rings (SSSR count). The van der Waals surface area contributed by atoms with E-state index in [2.05, 4.69) is 41.8 Å². The van der Waals surface area contributed by atoms with Crippen molar-refractivity contribution in [2.75, 3.05) is 19.8 Å². The van der Waals surface area contributed by atoms with Gasteiger partial charge in [0.2, 0.25) is 0 Å². The summed E-state index contributed by atoms with van der Waals surface area (Å²) in [6.07, 6.45) is -3.14. The number of hydrogen-bond acceptors (Lipinski definition) is 17. The van der Waals surface area contributed by atoms with Gasteiger partial charge >= 0.3 is 40.8 Å². The number of carbonyl (C=O) groups is 1. The molecule has 2 unspecified atom stereocenters. The number of aliphatic hydroxyl groups is 2. The molecule has 2 aromatic rings. The lowest BCUT2D eigenvalue weighted by molar-refractivity contribution is -0.150. The number of phosphoric ester groups is 1. The number of phosphoric acid groups is 3. The normalized spacial score (nSPS) is 24.2. The van der Waals surface area contributed by atoms with E-state index < -0.39 is 95.4 Å². The van der Waals surface area contributed by atoms with Gasteiger partial charge in [0.1, 0.15) is 41.9 Å². The molecule has 2 aromatic heterocycles. The van der Waals surface area contributed by atoms with E-state index in [1.807, 2.05) is 11.9 Å². The predicted octanol–water partition coefficient (Wildman–Crippen LogP) is -2.65. The van der Waals surface area contributed by atoms with Crippen molar-refractivity contribution in [3.8, 4) is 23.7 Å². The van der Waals surface area contributed by atoms with E-state index >= 15 is 0 Å². The Morgan fingerprint density at radius 3 is 1.91 bits per heavy atom. The summed E-state index contributed by atoms with van der Waals surface area (Å²) in [5.41, 5.74) is 2.35. The van der Waals surface area contributed by atoms with Crippen LogP contribution in [-0.2, 0) is 45.8 Å². The molecular formula is C27H36N5O20P3. The van der Waals surface area contributed by atoms with Crippen LogP contribution in [0.2, 0.25) is 0 Å². The number of aliphatic hydroxyl groups excluding tert-OH is 2. The predicted molar refractivity (Wildman–Crippen MR) is 181 cm³/mol. The largest absolute Gasteiger partial charge is 0.490 e. The number of nitrogens with one attached hydrogen (secondary N) is 2. The number of rotatable bonds is 11. The quantitative estimate of drug-likeness (QED) is 0.0633. The van der Waals surface area contributed by atoms with Crippen molar-refractivity contribution >= 4 is 29.4 Å². The first-order valence-electron chi connectivity index (χ1n) is 15.5. The van der Waals surface area contributed by atoms with Gasteiger partial charge in [-0.25, -0.2) is 23.3 Å². The highest BCUT2D eigenvalue weighted by atomic mass is 31.3. The molecule has 0 amide bonds. The summed E-state index contributed by atoms with van der Waals surface area (Å²) in [5.74, 6) is 9.81. The van der Waals surface area contributed by atoms with Crippen LogP contribution in [0.3, 0.4) is 0 Å². The molecule has 304 valence electrons. The van der Waals surface area contributed by atoms with Crippen molar-refractivity contribution in [2.45, 2.75) is 70.0 Å². The zero-order valence-electron chi connectivity index (χ0n) is 28.6. The van der Waals surface area contributed by atoms with Crippen LogP contribution in [-0.4, -0.2) is 99.0 Å². The van der Waals surface area contributed by atoms with Crippen LogP contribution in [0.1, 0.15) is 56.7 Å². The van der Waals surface area contributed by atoms with Crippen LogP contribution in [0.5, 0.6) is 0 Å². The summed E-state index contributed by atoms with van der Waals surface area (Å²) in [5, 5.41) is 19.4. The van der Waals surface area contributed by atoms with Gasteiger partial charge < -0.3 is 49.7 Å². The van der Waals surface area contributed by atoms with Crippen molar-refractivity contribution in [1.82, 2.24) is 19.1 Å². The van der Waals surface area contributed by atoms with Crippen molar-refractivity contribution in [2.24, 2.45) is 5.73 Å². The maximum absolute atomic E-state index is 12.1. The summed E-state index contributed by atoms with van der Waals surface area (Å²) in [7, 11) is -16.7. The molecule has 0 saturated carbocycles. The first kappa shape index (κ1) is 45.5. The fourth-order valence-electron chi connectivity index (χ4n) is 4.79. The number of aromatic nitrogens is 4. The van der Waals surface area contributed by atoms with Crippen LogP contribution >= 0.6 is 23.5 Å². The Morgan fingerprint density at radius 1 is 0.891 bits per heavy atom. The Hall–Kier alpha value is -3.84. The van der Waals surface area contributed by atoms with Gasteiger partial charge in [-0.1, -0.05) is 30.6 Å². The van der Waals surface area contributed by atoms with E-state index in [0.717, 1.165) is 10.8 Å². The molecule has 4 heterocycles. The lowest BCUT2D eigenvalue weighted by atomic mass is 10.2. The molecule has 2 saturated heterocycles. The lowest BCUT2D eigenvalue weighted by Crippen LogP contribution is -2.33. The second-order valence-electron chi connectivity index (χ2n) is 11.1. The van der Waals surface area contributed by atoms with Crippen molar-refractivity contribution in [1.29, 1.82) is 0 Å². The number of H-pyrrole nitrogens is 2. The van der Waals surface area contributed by atoms with Gasteiger partial charge in [0.25, 0.3) is 11.1 Å². The molecule has 10 N–H and O–H groups in total. The van der Waals surface area contributed by atoms with Crippen molar-refractivity contribution in [3.05, 3.63) is 65.2 Å². The standard InChI is InChI=1S/C15H18N2O6.C12H18N3O14P3/c1-3-4-5-10-7-17(15(21)16-14(10)20)13-6-11(22-9(2)19)12(8-18)23-13;13-3-1-2-7-5-15(12(18)14-11(7)17)10-4-8(16)9(27-10)6-26-31(22,23)29-32(24,25)28-30(19,20)21/h7,11-13,18H,3,6,8H2,1-2H3,(H,16,20,21);5,8-10,16H,3-4,6,13H2,(H,22,23)(H,24,25)(H,14,17,18)(H2,19,20,21)/t11-,12-,13-;8-,9-,10-/m11/s1. The second kappa shape index (κ2) is 19.3. The smallest absolute Gasteiger partial charge is 0.460 e. The second-order valence-corrected chi connectivity index (χ2v) is 15.5. The van der Waals surface area contributed by atoms with Crippen LogP contribution in [0.25, 0.3) is 0 Å². The highest BCUT2D eigenvalue weighted by Gasteiger charge is 2.43. The summed E-state index contributed by atoms with van der Waals surface area (Å²) < 4.78 is 63.3. The molecule has 2 aliphatic rings. The fourth-order valence-corrected chi connectivity index (χ4v) is 7.82. The number of aromatic amines is 2. The van der Waals surface area contributed by atoms with E-state index in [4.69, 9.17) is 34.6 Å². The van der Waals surface area contributed by atoms with Gasteiger partial charge in [-0.3, -0.25) is 38.0 Å². The third-order valence-electron chi connectivity index (χ3n) is 6.98. The lowest BCUT2D eigenvalue weighted by Gasteiger charge is -2.19. The third kappa shape index (κ3) is 13.7. The minimum atomic E-state index is -5.70. The summed E-state index contributed by atoms with van der Waals surface area (Å²) in [6, 6.07) is 0. The Kier molecular flexibility index (Phi) is 16.0. The molecule has 0 aromatic carbocycles. The van der Waals surface area contributed by atoms with Crippen molar-refractivity contribution < 1.29 is 75.6 Å². The van der Waals surface area contributed by atoms with Gasteiger partial charge in [0.05, 0.1) is 25.9 Å². The molecule has 0 bridgehead atoms. The summed E-state index contributed by atoms with van der Waals surface area (Å²) in [4.78, 5) is 98.3. The molecule has 0 spiro atoms. The highest BCUT2D eigenvalue weighted by Crippen LogP contribution is 2.66. The average Bonchev–Trinajstić information content (AvgIpc) is 3.63. The SMILES string of the molecule is CCC#Cc1cn([C@H]2C[C@@H](OC(C)=O)[C@@H](CO)O2)c(=O)[nH]c1=O.NCC#Cc1cn([C@H]2C[C@@H](O)[C@@H](COP(=O)(O)OP(=O)(O)OP(=O)(O)O)O2)c(=O)[nH]c1=O. The van der Waals surface area contributed by atoms with Gasteiger partial charge in [-0.05, 0) is 0 Å². The number of hydrogen-bond donors (Lipinski definition) is 9. The molecule has 0 aliphatic carbocycles. The summed E-state index contributed by atoms with van der Waals surface area (Å²) in [6.45, 7) is 1.77. The Morgan fingerprint density at radius 2 is 1.42 bits per heavy atom. The van der Waals surface area contributed by atoms with Gasteiger partial charge in [-0.2, -0.15) is 8.62 Å². The molecule has 8 atom stereocenters. The molecule has 0 radical (unpaired) electrons.